The minimum absolute atomic E-state index is 0.412. The number of nitrogen functional groups attached to an aromatic ring is 2. The molecule has 0 fully saturated rings. The summed E-state index contributed by atoms with van der Waals surface area (Å²) < 4.78 is 0. The lowest BCUT2D eigenvalue weighted by Crippen LogP contribution is -2.14. The van der Waals surface area contributed by atoms with Crippen molar-refractivity contribution in [3.8, 4) is 0 Å². The molecule has 0 spiro atoms. The van der Waals surface area contributed by atoms with E-state index in [1.54, 1.807) is 6.07 Å². The van der Waals surface area contributed by atoms with Gasteiger partial charge in [0.05, 0.1) is 0 Å². The molecule has 112 valence electrons. The highest BCUT2D eigenvalue weighted by Gasteiger charge is 2.05. The van der Waals surface area contributed by atoms with Gasteiger partial charge in [-0.2, -0.15) is 9.97 Å². The fourth-order valence-electron chi connectivity index (χ4n) is 1.91. The van der Waals surface area contributed by atoms with Crippen molar-refractivity contribution in [3.63, 3.8) is 0 Å². The van der Waals surface area contributed by atoms with E-state index in [9.17, 15) is 0 Å². The molecule has 7 heteroatoms. The number of hydrogen-bond acceptors (Lipinski definition) is 7. The van der Waals surface area contributed by atoms with Crippen LogP contribution in [0, 0.1) is 0 Å². The first-order valence-electron chi connectivity index (χ1n) is 6.85. The molecule has 0 radical (unpaired) electrons. The number of nitrogens with one attached hydrogen (secondary N) is 3. The monoisotopic (exact) mass is 287 g/mol. The molecule has 0 aliphatic heterocycles. The van der Waals surface area contributed by atoms with E-state index in [1.807, 2.05) is 12.1 Å². The van der Waals surface area contributed by atoms with Gasteiger partial charge < -0.3 is 16.2 Å². The summed E-state index contributed by atoms with van der Waals surface area (Å²) in [6.45, 7) is 4.39. The first kappa shape index (κ1) is 15.0. The maximum Gasteiger partial charge on any atom is 0.231 e. The minimum atomic E-state index is 0.412. The molecule has 0 aliphatic rings. The van der Waals surface area contributed by atoms with Gasteiger partial charge in [0.1, 0.15) is 11.6 Å². The molecule has 1 unspecified atom stereocenters. The number of hydrogen-bond donors (Lipinski definition) is 5. The second-order valence-corrected chi connectivity index (χ2v) is 4.81. The number of aromatic nitrogens is 2. The third-order valence-corrected chi connectivity index (χ3v) is 3.37. The number of anilines is 4. The SMILES string of the molecule is CCC(C)c1ccc(Nc2nc(NN)cc(NN)n2)cc1. The topological polar surface area (TPSA) is 114 Å². The first-order chi connectivity index (χ1) is 10.2. The summed E-state index contributed by atoms with van der Waals surface area (Å²) in [6, 6.07) is 9.82. The van der Waals surface area contributed by atoms with Gasteiger partial charge in [-0.15, -0.1) is 0 Å². The van der Waals surface area contributed by atoms with Crippen LogP contribution >= 0.6 is 0 Å². The molecule has 7 nitrogen and oxygen atoms in total. The van der Waals surface area contributed by atoms with E-state index in [-0.39, 0.29) is 0 Å². The van der Waals surface area contributed by atoms with Crippen molar-refractivity contribution in [3.05, 3.63) is 35.9 Å². The molecule has 1 aromatic carbocycles. The van der Waals surface area contributed by atoms with Crippen LogP contribution in [0.3, 0.4) is 0 Å². The predicted molar refractivity (Wildman–Crippen MR) is 86.1 cm³/mol. The molecule has 1 atom stereocenters. The number of hydrazine groups is 2. The Balaban J connectivity index is 2.17. The van der Waals surface area contributed by atoms with E-state index in [0.717, 1.165) is 12.1 Å². The largest absolute Gasteiger partial charge is 0.324 e. The molecule has 1 aromatic heterocycles. The fourth-order valence-corrected chi connectivity index (χ4v) is 1.91. The number of nitrogens with zero attached hydrogens (tertiary/aromatic N) is 2. The Morgan fingerprint density at radius 3 is 2.10 bits per heavy atom. The molecule has 0 aliphatic carbocycles. The molecule has 7 N–H and O–H groups in total. The van der Waals surface area contributed by atoms with Crippen LogP contribution in [0.25, 0.3) is 0 Å². The lowest BCUT2D eigenvalue weighted by Gasteiger charge is -2.11. The summed E-state index contributed by atoms with van der Waals surface area (Å²) in [7, 11) is 0. The zero-order chi connectivity index (χ0) is 15.2. The summed E-state index contributed by atoms with van der Waals surface area (Å²) in [5.74, 6) is 12.6. The summed E-state index contributed by atoms with van der Waals surface area (Å²) >= 11 is 0. The standard InChI is InChI=1S/C14H21N7/c1-3-9(2)10-4-6-11(7-5-10)17-14-18-12(20-15)8-13(19-14)21-16/h4-9H,3,15-16H2,1-2H3,(H3,17,18,19,20,21). The molecule has 0 amide bonds. The van der Waals surface area contributed by atoms with Crippen molar-refractivity contribution in [2.75, 3.05) is 16.2 Å². The number of nitrogens with two attached hydrogens (primary N) is 2. The van der Waals surface area contributed by atoms with Crippen LogP contribution < -0.4 is 27.9 Å². The van der Waals surface area contributed by atoms with Crippen LogP contribution in [-0.2, 0) is 0 Å². The molecule has 2 aromatic rings. The maximum absolute atomic E-state index is 5.37. The van der Waals surface area contributed by atoms with Gasteiger partial charge in [-0.05, 0) is 30.0 Å². The third kappa shape index (κ3) is 3.80. The Bertz CT molecular complexity index is 560. The van der Waals surface area contributed by atoms with Crippen molar-refractivity contribution in [1.29, 1.82) is 0 Å². The quantitative estimate of drug-likeness (QED) is 0.409. The maximum atomic E-state index is 5.37. The summed E-state index contributed by atoms with van der Waals surface area (Å²) in [5, 5.41) is 3.12. The third-order valence-electron chi connectivity index (χ3n) is 3.37. The highest BCUT2D eigenvalue weighted by molar-refractivity contribution is 5.58. The smallest absolute Gasteiger partial charge is 0.231 e. The number of rotatable bonds is 6. The van der Waals surface area contributed by atoms with Crippen LogP contribution in [0.2, 0.25) is 0 Å². The lowest BCUT2D eigenvalue weighted by molar-refractivity contribution is 0.734. The summed E-state index contributed by atoms with van der Waals surface area (Å²) in [5.41, 5.74) is 7.16. The molecular formula is C14H21N7. The van der Waals surface area contributed by atoms with Crippen molar-refractivity contribution < 1.29 is 0 Å². The van der Waals surface area contributed by atoms with Crippen molar-refractivity contribution in [2.24, 2.45) is 11.7 Å². The Morgan fingerprint density at radius 2 is 1.62 bits per heavy atom. The van der Waals surface area contributed by atoms with Gasteiger partial charge in [-0.1, -0.05) is 26.0 Å². The zero-order valence-electron chi connectivity index (χ0n) is 12.2. The van der Waals surface area contributed by atoms with Gasteiger partial charge in [0.15, 0.2) is 0 Å². The lowest BCUT2D eigenvalue weighted by atomic mass is 9.99. The molecule has 1 heterocycles. The highest BCUT2D eigenvalue weighted by Crippen LogP contribution is 2.22. The van der Waals surface area contributed by atoms with Crippen molar-refractivity contribution >= 4 is 23.3 Å². The van der Waals surface area contributed by atoms with E-state index < -0.39 is 0 Å². The second-order valence-electron chi connectivity index (χ2n) is 4.81. The Labute approximate surface area is 124 Å². The van der Waals surface area contributed by atoms with Gasteiger partial charge in [0.25, 0.3) is 0 Å². The van der Waals surface area contributed by atoms with Crippen LogP contribution in [-0.4, -0.2) is 9.97 Å². The average Bonchev–Trinajstić information content (AvgIpc) is 2.54. The predicted octanol–water partition coefficient (Wildman–Crippen LogP) is 2.30. The van der Waals surface area contributed by atoms with Gasteiger partial charge in [0.2, 0.25) is 5.95 Å². The van der Waals surface area contributed by atoms with Gasteiger partial charge in [-0.25, -0.2) is 11.7 Å². The molecular weight excluding hydrogens is 266 g/mol. The Morgan fingerprint density at radius 1 is 1.05 bits per heavy atom. The Hall–Kier alpha value is -2.38. The van der Waals surface area contributed by atoms with Crippen molar-refractivity contribution in [1.82, 2.24) is 9.97 Å². The van der Waals surface area contributed by atoms with E-state index in [2.05, 4.69) is 52.1 Å². The minimum Gasteiger partial charge on any atom is -0.324 e. The van der Waals surface area contributed by atoms with Gasteiger partial charge >= 0.3 is 0 Å². The van der Waals surface area contributed by atoms with Gasteiger partial charge in [0, 0.05) is 11.8 Å². The van der Waals surface area contributed by atoms with E-state index in [4.69, 9.17) is 11.7 Å². The van der Waals surface area contributed by atoms with E-state index in [0.29, 0.717) is 23.5 Å². The normalized spacial score (nSPS) is 11.8. The molecule has 21 heavy (non-hydrogen) atoms. The fraction of sp³-hybridized carbons (Fsp3) is 0.286. The van der Waals surface area contributed by atoms with Crippen LogP contribution in [0.15, 0.2) is 30.3 Å². The van der Waals surface area contributed by atoms with E-state index in [1.165, 1.54) is 5.56 Å². The average molecular weight is 287 g/mol. The molecule has 0 saturated heterocycles. The second kappa shape index (κ2) is 6.87. The highest BCUT2D eigenvalue weighted by atomic mass is 15.3. The summed E-state index contributed by atoms with van der Waals surface area (Å²) in [6.07, 6.45) is 1.12. The molecule has 0 bridgehead atoms. The van der Waals surface area contributed by atoms with Gasteiger partial charge in [-0.3, -0.25) is 0 Å². The molecule has 2 rings (SSSR count). The molecule has 0 saturated carbocycles. The summed E-state index contributed by atoms with van der Waals surface area (Å²) in [4.78, 5) is 8.43. The van der Waals surface area contributed by atoms with Crippen LogP contribution in [0.5, 0.6) is 0 Å². The van der Waals surface area contributed by atoms with Crippen LogP contribution in [0.1, 0.15) is 31.7 Å². The van der Waals surface area contributed by atoms with Crippen LogP contribution in [0.4, 0.5) is 23.3 Å². The first-order valence-corrected chi connectivity index (χ1v) is 6.85. The van der Waals surface area contributed by atoms with E-state index >= 15 is 0 Å². The zero-order valence-corrected chi connectivity index (χ0v) is 12.2. The number of benzene rings is 1. The Kier molecular flexibility index (Phi) is 4.91. The van der Waals surface area contributed by atoms with Crippen molar-refractivity contribution in [2.45, 2.75) is 26.2 Å².